The van der Waals surface area contributed by atoms with Gasteiger partial charge in [0.25, 0.3) is 0 Å². The number of rotatable bonds is 1. The number of nitrogens with two attached hydrogens (primary N) is 1. The number of alkyl halides is 3. The van der Waals surface area contributed by atoms with Crippen molar-refractivity contribution in [2.45, 2.75) is 6.18 Å². The van der Waals surface area contributed by atoms with Gasteiger partial charge < -0.3 is 10.8 Å². The number of phenols is 1. The third kappa shape index (κ3) is 2.25. The lowest BCUT2D eigenvalue weighted by molar-refractivity contribution is -0.137. The van der Waals surface area contributed by atoms with Gasteiger partial charge >= 0.3 is 6.18 Å². The van der Waals surface area contributed by atoms with E-state index < -0.39 is 11.7 Å². The average molecular weight is 253 g/mol. The van der Waals surface area contributed by atoms with Crippen LogP contribution in [0.3, 0.4) is 0 Å². The summed E-state index contributed by atoms with van der Waals surface area (Å²) in [4.78, 5) is 0. The van der Waals surface area contributed by atoms with Crippen molar-refractivity contribution in [3.63, 3.8) is 0 Å². The lowest BCUT2D eigenvalue weighted by atomic mass is 9.98. The summed E-state index contributed by atoms with van der Waals surface area (Å²) in [5, 5.41) is 9.21. The Balaban J connectivity index is 2.64. The summed E-state index contributed by atoms with van der Waals surface area (Å²) in [6.45, 7) is 0. The van der Waals surface area contributed by atoms with E-state index in [1.807, 2.05) is 0 Å². The van der Waals surface area contributed by atoms with Gasteiger partial charge in [0.1, 0.15) is 5.75 Å². The van der Waals surface area contributed by atoms with Crippen molar-refractivity contribution in [1.82, 2.24) is 0 Å². The number of benzene rings is 2. The van der Waals surface area contributed by atoms with Crippen LogP contribution >= 0.6 is 0 Å². The molecule has 0 aliphatic rings. The highest BCUT2D eigenvalue weighted by molar-refractivity contribution is 5.79. The van der Waals surface area contributed by atoms with Crippen LogP contribution < -0.4 is 5.73 Å². The lowest BCUT2D eigenvalue weighted by Gasteiger charge is -2.14. The normalized spacial score (nSPS) is 11.5. The highest BCUT2D eigenvalue weighted by Crippen LogP contribution is 2.39. The molecular formula is C13H10F3NO. The van der Waals surface area contributed by atoms with Crippen molar-refractivity contribution in [3.05, 3.63) is 48.0 Å². The fraction of sp³-hybridized carbons (Fsp3) is 0.0769. The minimum Gasteiger partial charge on any atom is -0.508 e. The monoisotopic (exact) mass is 253 g/mol. The molecule has 0 aromatic heterocycles. The van der Waals surface area contributed by atoms with Crippen molar-refractivity contribution in [3.8, 4) is 16.9 Å². The topological polar surface area (TPSA) is 46.2 Å². The molecule has 2 rings (SSSR count). The molecule has 18 heavy (non-hydrogen) atoms. The van der Waals surface area contributed by atoms with Crippen LogP contribution in [0.15, 0.2) is 42.5 Å². The van der Waals surface area contributed by atoms with Crippen LogP contribution in [0.25, 0.3) is 11.1 Å². The molecule has 2 aromatic carbocycles. The molecule has 0 aliphatic heterocycles. The molecule has 0 heterocycles. The van der Waals surface area contributed by atoms with E-state index in [2.05, 4.69) is 0 Å². The standard InChI is InChI=1S/C13H10F3NO/c14-13(15,16)11-4-2-1-3-9(11)10-6-5-8(18)7-12(10)17/h1-7,18H,17H2. The molecule has 2 nitrogen and oxygen atoms in total. The first kappa shape index (κ1) is 12.3. The van der Waals surface area contributed by atoms with Gasteiger partial charge in [-0.1, -0.05) is 18.2 Å². The van der Waals surface area contributed by atoms with E-state index in [9.17, 15) is 18.3 Å². The number of aromatic hydroxyl groups is 1. The van der Waals surface area contributed by atoms with Crippen molar-refractivity contribution in [2.75, 3.05) is 5.73 Å². The van der Waals surface area contributed by atoms with Crippen LogP contribution in [0.2, 0.25) is 0 Å². The predicted octanol–water partition coefficient (Wildman–Crippen LogP) is 3.66. The summed E-state index contributed by atoms with van der Waals surface area (Å²) in [5.41, 5.74) is 5.25. The second-order valence-electron chi connectivity index (χ2n) is 3.81. The zero-order valence-electron chi connectivity index (χ0n) is 9.20. The predicted molar refractivity (Wildman–Crippen MR) is 63.0 cm³/mol. The first-order valence-corrected chi connectivity index (χ1v) is 5.14. The summed E-state index contributed by atoms with van der Waals surface area (Å²) < 4.78 is 38.6. The van der Waals surface area contributed by atoms with Gasteiger partial charge in [0.05, 0.1) is 5.56 Å². The summed E-state index contributed by atoms with van der Waals surface area (Å²) >= 11 is 0. The van der Waals surface area contributed by atoms with Gasteiger partial charge in [0, 0.05) is 17.3 Å². The zero-order valence-corrected chi connectivity index (χ0v) is 9.20. The molecule has 2 aromatic rings. The molecule has 0 bridgehead atoms. The fourth-order valence-corrected chi connectivity index (χ4v) is 1.76. The lowest BCUT2D eigenvalue weighted by Crippen LogP contribution is -2.07. The first-order valence-electron chi connectivity index (χ1n) is 5.14. The summed E-state index contributed by atoms with van der Waals surface area (Å²) in [7, 11) is 0. The second kappa shape index (κ2) is 4.25. The summed E-state index contributed by atoms with van der Waals surface area (Å²) in [5.74, 6) is -0.0826. The molecule has 0 spiro atoms. The van der Waals surface area contributed by atoms with E-state index in [0.717, 1.165) is 6.07 Å². The Labute approximate surface area is 101 Å². The Morgan fingerprint density at radius 3 is 2.22 bits per heavy atom. The average Bonchev–Trinajstić information content (AvgIpc) is 2.28. The molecule has 0 saturated heterocycles. The van der Waals surface area contributed by atoms with E-state index in [0.29, 0.717) is 0 Å². The van der Waals surface area contributed by atoms with Gasteiger partial charge in [-0.2, -0.15) is 13.2 Å². The maximum atomic E-state index is 12.9. The van der Waals surface area contributed by atoms with Crippen LogP contribution in [-0.2, 0) is 6.18 Å². The molecule has 0 atom stereocenters. The number of anilines is 1. The van der Waals surface area contributed by atoms with Crippen molar-refractivity contribution >= 4 is 5.69 Å². The largest absolute Gasteiger partial charge is 0.508 e. The SMILES string of the molecule is Nc1cc(O)ccc1-c1ccccc1C(F)(F)F. The van der Waals surface area contributed by atoms with Crippen LogP contribution in [0.1, 0.15) is 5.56 Å². The highest BCUT2D eigenvalue weighted by atomic mass is 19.4. The number of nitrogen functional groups attached to an aromatic ring is 1. The maximum absolute atomic E-state index is 12.9. The number of halogens is 3. The van der Waals surface area contributed by atoms with E-state index in [4.69, 9.17) is 5.73 Å². The Morgan fingerprint density at radius 2 is 1.61 bits per heavy atom. The minimum absolute atomic E-state index is 0.00231. The van der Waals surface area contributed by atoms with Crippen molar-refractivity contribution in [1.29, 1.82) is 0 Å². The van der Waals surface area contributed by atoms with Gasteiger partial charge in [-0.25, -0.2) is 0 Å². The van der Waals surface area contributed by atoms with E-state index >= 15 is 0 Å². The minimum atomic E-state index is -4.44. The molecule has 0 fully saturated rings. The number of hydrogen-bond acceptors (Lipinski definition) is 2. The molecule has 0 aliphatic carbocycles. The van der Waals surface area contributed by atoms with Gasteiger partial charge in [-0.3, -0.25) is 0 Å². The molecule has 5 heteroatoms. The van der Waals surface area contributed by atoms with Gasteiger partial charge in [0.2, 0.25) is 0 Å². The summed E-state index contributed by atoms with van der Waals surface area (Å²) in [6, 6.07) is 9.09. The van der Waals surface area contributed by atoms with Gasteiger partial charge in [-0.05, 0) is 23.8 Å². The Bertz CT molecular complexity index is 579. The molecule has 0 amide bonds. The molecule has 94 valence electrons. The molecule has 0 saturated carbocycles. The van der Waals surface area contributed by atoms with Gasteiger partial charge in [0.15, 0.2) is 0 Å². The Morgan fingerprint density at radius 1 is 0.944 bits per heavy atom. The van der Waals surface area contributed by atoms with E-state index in [1.165, 1.54) is 36.4 Å². The maximum Gasteiger partial charge on any atom is 0.417 e. The fourth-order valence-electron chi connectivity index (χ4n) is 1.76. The Kier molecular flexibility index (Phi) is 2.90. The smallest absolute Gasteiger partial charge is 0.417 e. The number of hydrogen-bond donors (Lipinski definition) is 2. The van der Waals surface area contributed by atoms with Gasteiger partial charge in [-0.15, -0.1) is 0 Å². The van der Waals surface area contributed by atoms with E-state index in [-0.39, 0.29) is 22.6 Å². The molecule has 3 N–H and O–H groups in total. The zero-order chi connectivity index (χ0) is 13.3. The molecule has 0 radical (unpaired) electrons. The second-order valence-corrected chi connectivity index (χ2v) is 3.81. The molecular weight excluding hydrogens is 243 g/mol. The third-order valence-corrected chi connectivity index (χ3v) is 2.56. The van der Waals surface area contributed by atoms with E-state index in [1.54, 1.807) is 0 Å². The quantitative estimate of drug-likeness (QED) is 0.762. The third-order valence-electron chi connectivity index (χ3n) is 2.56. The van der Waals surface area contributed by atoms with Crippen LogP contribution in [0.5, 0.6) is 5.75 Å². The first-order chi connectivity index (χ1) is 8.39. The van der Waals surface area contributed by atoms with Crippen LogP contribution in [0.4, 0.5) is 18.9 Å². The van der Waals surface area contributed by atoms with Crippen LogP contribution in [-0.4, -0.2) is 5.11 Å². The van der Waals surface area contributed by atoms with Crippen molar-refractivity contribution < 1.29 is 18.3 Å². The summed E-state index contributed by atoms with van der Waals surface area (Å²) in [6.07, 6.45) is -4.44. The highest BCUT2D eigenvalue weighted by Gasteiger charge is 2.33. The number of phenolic OH excluding ortho intramolecular Hbond substituents is 1. The van der Waals surface area contributed by atoms with Crippen molar-refractivity contribution in [2.24, 2.45) is 0 Å². The Hall–Kier alpha value is -2.17. The molecule has 0 unspecified atom stereocenters. The van der Waals surface area contributed by atoms with Crippen LogP contribution in [0, 0.1) is 0 Å².